The highest BCUT2D eigenvalue weighted by Gasteiger charge is 2.42. The third-order valence-electron chi connectivity index (χ3n) is 6.16. The van der Waals surface area contributed by atoms with Gasteiger partial charge in [-0.3, -0.25) is 4.90 Å². The molecule has 1 spiro atoms. The highest BCUT2D eigenvalue weighted by Crippen LogP contribution is 2.39. The van der Waals surface area contributed by atoms with Gasteiger partial charge < -0.3 is 24.9 Å². The van der Waals surface area contributed by atoms with Crippen LogP contribution in [0.4, 0.5) is 4.79 Å². The number of likely N-dealkylation sites (tertiary alicyclic amines) is 1. The monoisotopic (exact) mass is 417 g/mol. The van der Waals surface area contributed by atoms with Crippen LogP contribution in [0, 0.1) is 6.92 Å². The standard InChI is InChI=1S/C17H23NO2.C6H12N2O2/c1-13-5-6-16-14(11-13)12-19-17(20-16)7-9-18(10-8-17)15-3-2-4-15;1-7-6(10)8-4-2-3-5-9/h5-6,11,15H,2-4,7-10,12H2,1H3;5H,2-4H2,1H3,(H2,7,8,10). The summed E-state index contributed by atoms with van der Waals surface area (Å²) in [6.07, 6.45) is 8.22. The Morgan fingerprint density at radius 2 is 2.07 bits per heavy atom. The average Bonchev–Trinajstić information content (AvgIpc) is 2.72. The number of hydrogen-bond acceptors (Lipinski definition) is 5. The lowest BCUT2D eigenvalue weighted by molar-refractivity contribution is -0.231. The molecule has 1 aliphatic carbocycles. The molecule has 7 nitrogen and oxygen atoms in total. The van der Waals surface area contributed by atoms with E-state index in [9.17, 15) is 9.59 Å². The number of amides is 2. The number of urea groups is 1. The lowest BCUT2D eigenvalue weighted by Gasteiger charge is -2.47. The predicted molar refractivity (Wildman–Crippen MR) is 116 cm³/mol. The van der Waals surface area contributed by atoms with Gasteiger partial charge in [-0.2, -0.15) is 0 Å². The molecule has 30 heavy (non-hydrogen) atoms. The molecule has 2 fully saturated rings. The van der Waals surface area contributed by atoms with Crippen LogP contribution >= 0.6 is 0 Å². The van der Waals surface area contributed by atoms with Gasteiger partial charge in [0.25, 0.3) is 0 Å². The van der Waals surface area contributed by atoms with E-state index in [1.165, 1.54) is 30.4 Å². The van der Waals surface area contributed by atoms with Crippen molar-refractivity contribution in [3.8, 4) is 5.75 Å². The van der Waals surface area contributed by atoms with Gasteiger partial charge in [0.2, 0.25) is 5.79 Å². The first-order chi connectivity index (χ1) is 14.5. The van der Waals surface area contributed by atoms with E-state index in [4.69, 9.17) is 9.47 Å². The van der Waals surface area contributed by atoms with E-state index in [0.717, 1.165) is 44.0 Å². The van der Waals surface area contributed by atoms with Crippen LogP contribution in [0.5, 0.6) is 5.75 Å². The second-order valence-corrected chi connectivity index (χ2v) is 8.35. The summed E-state index contributed by atoms with van der Waals surface area (Å²) in [5, 5.41) is 4.96. The van der Waals surface area contributed by atoms with E-state index in [1.54, 1.807) is 7.05 Å². The van der Waals surface area contributed by atoms with Crippen molar-refractivity contribution in [1.29, 1.82) is 0 Å². The smallest absolute Gasteiger partial charge is 0.314 e. The van der Waals surface area contributed by atoms with Gasteiger partial charge in [0.15, 0.2) is 0 Å². The molecule has 0 radical (unpaired) electrons. The number of aldehydes is 1. The Morgan fingerprint density at radius 1 is 1.30 bits per heavy atom. The molecule has 1 saturated carbocycles. The highest BCUT2D eigenvalue weighted by molar-refractivity contribution is 5.73. The Labute approximate surface area is 179 Å². The number of fused-ring (bicyclic) bond motifs is 1. The Hall–Kier alpha value is -2.12. The molecule has 3 aliphatic rings. The summed E-state index contributed by atoms with van der Waals surface area (Å²) in [7, 11) is 1.55. The quantitative estimate of drug-likeness (QED) is 0.568. The van der Waals surface area contributed by atoms with Crippen LogP contribution < -0.4 is 15.4 Å². The molecule has 1 aromatic carbocycles. The van der Waals surface area contributed by atoms with Crippen LogP contribution in [0.2, 0.25) is 0 Å². The molecule has 4 rings (SSSR count). The largest absolute Gasteiger partial charge is 0.462 e. The fourth-order valence-electron chi connectivity index (χ4n) is 4.06. The molecule has 0 atom stereocenters. The molecular formula is C23H35N3O4. The summed E-state index contributed by atoms with van der Waals surface area (Å²) in [4.78, 5) is 22.9. The topological polar surface area (TPSA) is 79.9 Å². The second-order valence-electron chi connectivity index (χ2n) is 8.35. The summed E-state index contributed by atoms with van der Waals surface area (Å²) in [6.45, 7) is 5.60. The molecule has 1 saturated heterocycles. The first-order valence-corrected chi connectivity index (χ1v) is 11.1. The molecule has 0 bridgehead atoms. The zero-order valence-electron chi connectivity index (χ0n) is 18.2. The van der Waals surface area contributed by atoms with Gasteiger partial charge in [-0.15, -0.1) is 0 Å². The molecule has 0 unspecified atom stereocenters. The molecule has 166 valence electrons. The van der Waals surface area contributed by atoms with E-state index >= 15 is 0 Å². The van der Waals surface area contributed by atoms with Gasteiger partial charge in [0.1, 0.15) is 12.0 Å². The Kier molecular flexibility index (Phi) is 8.10. The number of nitrogens with zero attached hydrogens (tertiary/aromatic N) is 1. The summed E-state index contributed by atoms with van der Waals surface area (Å²) in [6, 6.07) is 7.04. The van der Waals surface area contributed by atoms with Crippen molar-refractivity contribution < 1.29 is 19.1 Å². The number of nitrogens with one attached hydrogen (secondary N) is 2. The number of carbonyl (C=O) groups is 2. The van der Waals surface area contributed by atoms with E-state index in [1.807, 2.05) is 0 Å². The number of benzene rings is 1. The molecule has 2 aliphatic heterocycles. The van der Waals surface area contributed by atoms with Crippen molar-refractivity contribution in [2.45, 2.75) is 70.3 Å². The maximum atomic E-state index is 10.5. The van der Waals surface area contributed by atoms with Crippen LogP contribution in [0.3, 0.4) is 0 Å². The van der Waals surface area contributed by atoms with Crippen molar-refractivity contribution >= 4 is 12.3 Å². The van der Waals surface area contributed by atoms with Crippen LogP contribution in [-0.4, -0.2) is 55.7 Å². The van der Waals surface area contributed by atoms with Crippen molar-refractivity contribution in [3.05, 3.63) is 29.3 Å². The van der Waals surface area contributed by atoms with E-state index < -0.39 is 0 Å². The SMILES string of the molecule is CNC(=O)NCCCC=O.Cc1ccc2c(c1)COC1(CCN(C3CCC3)CC1)O2. The molecule has 0 aromatic heterocycles. The first-order valence-electron chi connectivity index (χ1n) is 11.1. The van der Waals surface area contributed by atoms with Gasteiger partial charge >= 0.3 is 6.03 Å². The van der Waals surface area contributed by atoms with Crippen molar-refractivity contribution in [3.63, 3.8) is 0 Å². The number of piperidine rings is 1. The number of carbonyl (C=O) groups excluding carboxylic acids is 2. The number of rotatable bonds is 5. The molecule has 2 amide bonds. The van der Waals surface area contributed by atoms with Crippen molar-refractivity contribution in [1.82, 2.24) is 15.5 Å². The minimum absolute atomic E-state index is 0.203. The van der Waals surface area contributed by atoms with Crippen LogP contribution in [0.25, 0.3) is 0 Å². The number of unbranched alkanes of at least 4 members (excludes halogenated alkanes) is 1. The van der Waals surface area contributed by atoms with Crippen LogP contribution in [0.15, 0.2) is 18.2 Å². The normalized spacial score (nSPS) is 20.1. The minimum Gasteiger partial charge on any atom is -0.462 e. The highest BCUT2D eigenvalue weighted by atomic mass is 16.7. The number of ether oxygens (including phenoxy) is 2. The van der Waals surface area contributed by atoms with E-state index in [-0.39, 0.29) is 11.8 Å². The number of hydrogen-bond donors (Lipinski definition) is 2. The van der Waals surface area contributed by atoms with Crippen LogP contribution in [-0.2, 0) is 16.1 Å². The second kappa shape index (κ2) is 10.8. The zero-order chi connectivity index (χ0) is 21.4. The average molecular weight is 418 g/mol. The maximum absolute atomic E-state index is 10.5. The molecule has 2 N–H and O–H groups in total. The fourth-order valence-corrected chi connectivity index (χ4v) is 4.06. The lowest BCUT2D eigenvalue weighted by atomic mass is 9.89. The van der Waals surface area contributed by atoms with E-state index in [0.29, 0.717) is 26.0 Å². The Bertz CT molecular complexity index is 712. The fraction of sp³-hybridized carbons (Fsp3) is 0.652. The lowest BCUT2D eigenvalue weighted by Crippen LogP contribution is -2.54. The predicted octanol–water partition coefficient (Wildman–Crippen LogP) is 3.14. The summed E-state index contributed by atoms with van der Waals surface area (Å²) in [5.41, 5.74) is 2.46. The van der Waals surface area contributed by atoms with Gasteiger partial charge in [-0.25, -0.2) is 4.79 Å². The van der Waals surface area contributed by atoms with Gasteiger partial charge in [0.05, 0.1) is 6.61 Å². The number of aryl methyl sites for hydroxylation is 1. The van der Waals surface area contributed by atoms with Gasteiger partial charge in [0, 0.05) is 57.5 Å². The van der Waals surface area contributed by atoms with Gasteiger partial charge in [-0.05, 0) is 32.3 Å². The van der Waals surface area contributed by atoms with Crippen LogP contribution in [0.1, 0.15) is 56.1 Å². The maximum Gasteiger partial charge on any atom is 0.314 e. The van der Waals surface area contributed by atoms with Crippen molar-refractivity contribution in [2.24, 2.45) is 0 Å². The summed E-state index contributed by atoms with van der Waals surface area (Å²) < 4.78 is 12.4. The first kappa shape index (κ1) is 22.6. The zero-order valence-corrected chi connectivity index (χ0v) is 18.2. The van der Waals surface area contributed by atoms with Crippen molar-refractivity contribution in [2.75, 3.05) is 26.7 Å². The molecule has 7 heteroatoms. The Balaban J connectivity index is 0.000000220. The molecule has 2 heterocycles. The Morgan fingerprint density at radius 3 is 2.70 bits per heavy atom. The van der Waals surface area contributed by atoms with E-state index in [2.05, 4.69) is 40.7 Å². The molecular weight excluding hydrogens is 382 g/mol. The third kappa shape index (κ3) is 5.95. The third-order valence-corrected chi connectivity index (χ3v) is 6.16. The summed E-state index contributed by atoms with van der Waals surface area (Å²) >= 11 is 0. The minimum atomic E-state index is -0.359. The van der Waals surface area contributed by atoms with Gasteiger partial charge in [-0.1, -0.05) is 24.1 Å². The summed E-state index contributed by atoms with van der Waals surface area (Å²) in [5.74, 6) is 0.668. The molecule has 1 aromatic rings.